The van der Waals surface area contributed by atoms with E-state index in [9.17, 15) is 13.2 Å². The van der Waals surface area contributed by atoms with E-state index >= 15 is 0 Å². The van der Waals surface area contributed by atoms with Crippen molar-refractivity contribution >= 4 is 49.8 Å². The fourth-order valence-electron chi connectivity index (χ4n) is 2.52. The molecule has 1 aromatic carbocycles. The predicted octanol–water partition coefficient (Wildman–Crippen LogP) is 1.70. The molecule has 1 saturated heterocycles. The molecule has 1 aromatic heterocycles. The summed E-state index contributed by atoms with van der Waals surface area (Å²) in [7, 11) is -2.47. The highest BCUT2D eigenvalue weighted by Gasteiger charge is 2.34. The van der Waals surface area contributed by atoms with Gasteiger partial charge in [0.25, 0.3) is 0 Å². The summed E-state index contributed by atoms with van der Waals surface area (Å²) in [5, 5.41) is 3.70. The van der Waals surface area contributed by atoms with Crippen molar-refractivity contribution in [2.24, 2.45) is 0 Å². The van der Waals surface area contributed by atoms with Crippen molar-refractivity contribution in [3.63, 3.8) is 0 Å². The van der Waals surface area contributed by atoms with Crippen LogP contribution in [0.5, 0.6) is 0 Å². The number of carbonyl (C=O) groups is 1. The van der Waals surface area contributed by atoms with E-state index in [1.54, 1.807) is 12.1 Å². The monoisotopic (exact) mass is 376 g/mol. The number of carbonyl (C=O) groups excluding carboxylic acids is 1. The maximum Gasteiger partial charge on any atom is 0.349 e. The molecule has 1 aliphatic heterocycles. The summed E-state index contributed by atoms with van der Waals surface area (Å²) in [4.78, 5) is 12.2. The van der Waals surface area contributed by atoms with Crippen molar-refractivity contribution < 1.29 is 17.9 Å². The molecule has 3 rings (SSSR count). The molecule has 0 spiro atoms. The molecule has 0 atom stereocenters. The number of sulfonamides is 1. The number of halogens is 1. The molecule has 2 heterocycles. The number of rotatable bonds is 3. The highest BCUT2D eigenvalue weighted by molar-refractivity contribution is 7.89. The van der Waals surface area contributed by atoms with Gasteiger partial charge in [0.1, 0.15) is 9.77 Å². The van der Waals surface area contributed by atoms with Gasteiger partial charge in [0.2, 0.25) is 10.0 Å². The number of nitrogens with one attached hydrogen (secondary N) is 1. The Morgan fingerprint density at radius 2 is 1.91 bits per heavy atom. The van der Waals surface area contributed by atoms with Gasteiger partial charge in [-0.1, -0.05) is 18.2 Å². The Hall–Kier alpha value is -1.19. The van der Waals surface area contributed by atoms with Gasteiger partial charge in [0, 0.05) is 36.3 Å². The number of methoxy groups -OCH3 is 1. The third-order valence-electron chi connectivity index (χ3n) is 3.59. The van der Waals surface area contributed by atoms with Crippen LogP contribution in [0.3, 0.4) is 0 Å². The molecule has 1 N–H and O–H groups in total. The standard InChI is InChI=1S/C14H16N2O4S2.ClH/c1-20-14(17)12-13(10-4-2-3-5-11(10)21-12)22(18,19)16-8-6-15-7-9-16;/h2-5,15H,6-9H2,1H3;1H. The van der Waals surface area contributed by atoms with Gasteiger partial charge >= 0.3 is 5.97 Å². The van der Waals surface area contributed by atoms with E-state index in [1.807, 2.05) is 12.1 Å². The lowest BCUT2D eigenvalue weighted by molar-refractivity contribution is 0.0602. The van der Waals surface area contributed by atoms with Gasteiger partial charge in [0.15, 0.2) is 0 Å². The number of thiophene rings is 1. The molecule has 0 bridgehead atoms. The number of piperazine rings is 1. The molecule has 9 heteroatoms. The van der Waals surface area contributed by atoms with Crippen LogP contribution < -0.4 is 5.32 Å². The van der Waals surface area contributed by atoms with Crippen molar-refractivity contribution in [3.8, 4) is 0 Å². The lowest BCUT2D eigenvalue weighted by Crippen LogP contribution is -2.46. The average molecular weight is 377 g/mol. The lowest BCUT2D eigenvalue weighted by atomic mass is 10.2. The number of nitrogens with zero attached hydrogens (tertiary/aromatic N) is 1. The Morgan fingerprint density at radius 3 is 2.57 bits per heavy atom. The van der Waals surface area contributed by atoms with Crippen LogP contribution in [0.25, 0.3) is 10.1 Å². The maximum atomic E-state index is 13.0. The number of hydrogen-bond acceptors (Lipinski definition) is 6. The van der Waals surface area contributed by atoms with Gasteiger partial charge in [-0.2, -0.15) is 4.31 Å². The second-order valence-electron chi connectivity index (χ2n) is 4.90. The van der Waals surface area contributed by atoms with Crippen LogP contribution >= 0.6 is 23.7 Å². The Labute approximate surface area is 144 Å². The summed E-state index contributed by atoms with van der Waals surface area (Å²) < 4.78 is 32.9. The van der Waals surface area contributed by atoms with Gasteiger partial charge in [-0.25, -0.2) is 13.2 Å². The van der Waals surface area contributed by atoms with Gasteiger partial charge < -0.3 is 10.1 Å². The summed E-state index contributed by atoms with van der Waals surface area (Å²) in [6.45, 7) is 2.00. The molecule has 0 saturated carbocycles. The molecule has 0 aliphatic carbocycles. The molecule has 1 aliphatic rings. The second-order valence-corrected chi connectivity index (χ2v) is 7.83. The van der Waals surface area contributed by atoms with Crippen LogP contribution in [-0.4, -0.2) is 52.0 Å². The van der Waals surface area contributed by atoms with Gasteiger partial charge in [-0.15, -0.1) is 23.7 Å². The molecular weight excluding hydrogens is 360 g/mol. The van der Waals surface area contributed by atoms with Crippen LogP contribution in [0, 0.1) is 0 Å². The van der Waals surface area contributed by atoms with Crippen molar-refractivity contribution in [3.05, 3.63) is 29.1 Å². The zero-order chi connectivity index (χ0) is 15.7. The van der Waals surface area contributed by atoms with E-state index in [0.717, 1.165) is 16.0 Å². The van der Waals surface area contributed by atoms with Crippen molar-refractivity contribution in [1.82, 2.24) is 9.62 Å². The summed E-state index contributed by atoms with van der Waals surface area (Å²) in [6.07, 6.45) is 0. The van der Waals surface area contributed by atoms with E-state index in [1.165, 1.54) is 11.4 Å². The Bertz CT molecular complexity index is 813. The smallest absolute Gasteiger partial charge is 0.349 e. The first kappa shape index (κ1) is 18.2. The minimum atomic E-state index is -3.73. The fraction of sp³-hybridized carbons (Fsp3) is 0.357. The Morgan fingerprint density at radius 1 is 1.26 bits per heavy atom. The van der Waals surface area contributed by atoms with E-state index in [-0.39, 0.29) is 22.2 Å². The molecule has 2 aromatic rings. The van der Waals surface area contributed by atoms with Crippen molar-refractivity contribution in [1.29, 1.82) is 0 Å². The molecule has 0 amide bonds. The second kappa shape index (κ2) is 7.14. The van der Waals surface area contributed by atoms with Crippen molar-refractivity contribution in [2.75, 3.05) is 33.3 Å². The van der Waals surface area contributed by atoms with E-state index in [4.69, 9.17) is 4.74 Å². The summed E-state index contributed by atoms with van der Waals surface area (Å²) in [6, 6.07) is 7.13. The third-order valence-corrected chi connectivity index (χ3v) is 6.86. The summed E-state index contributed by atoms with van der Waals surface area (Å²) in [5.74, 6) is -0.616. The number of benzene rings is 1. The molecular formula is C14H17ClN2O4S2. The summed E-state index contributed by atoms with van der Waals surface area (Å²) in [5.41, 5.74) is 0. The van der Waals surface area contributed by atoms with Gasteiger partial charge in [0.05, 0.1) is 7.11 Å². The minimum Gasteiger partial charge on any atom is -0.465 e. The normalized spacial score (nSPS) is 16.0. The zero-order valence-electron chi connectivity index (χ0n) is 12.4. The Kier molecular flexibility index (Phi) is 5.64. The summed E-state index contributed by atoms with van der Waals surface area (Å²) >= 11 is 1.15. The van der Waals surface area contributed by atoms with Crippen LogP contribution in [-0.2, 0) is 14.8 Å². The van der Waals surface area contributed by atoms with E-state index < -0.39 is 16.0 Å². The first-order chi connectivity index (χ1) is 10.6. The zero-order valence-corrected chi connectivity index (χ0v) is 14.9. The number of ether oxygens (including phenoxy) is 1. The number of hydrogen-bond donors (Lipinski definition) is 1. The number of fused-ring (bicyclic) bond motifs is 1. The first-order valence-corrected chi connectivity index (χ1v) is 9.12. The molecule has 23 heavy (non-hydrogen) atoms. The van der Waals surface area contributed by atoms with Crippen LogP contribution in [0.15, 0.2) is 29.2 Å². The van der Waals surface area contributed by atoms with Crippen LogP contribution in [0.4, 0.5) is 0 Å². The van der Waals surface area contributed by atoms with E-state index in [2.05, 4.69) is 5.32 Å². The van der Waals surface area contributed by atoms with Gasteiger partial charge in [-0.05, 0) is 6.07 Å². The van der Waals surface area contributed by atoms with Crippen molar-refractivity contribution in [2.45, 2.75) is 4.90 Å². The Balaban J connectivity index is 0.00000192. The topological polar surface area (TPSA) is 75.7 Å². The number of esters is 1. The minimum absolute atomic E-state index is 0. The molecule has 0 unspecified atom stereocenters. The maximum absolute atomic E-state index is 13.0. The van der Waals surface area contributed by atoms with Gasteiger partial charge in [-0.3, -0.25) is 0 Å². The highest BCUT2D eigenvalue weighted by Crippen LogP contribution is 2.36. The average Bonchev–Trinajstić information content (AvgIpc) is 2.95. The van der Waals surface area contributed by atoms with Crippen LogP contribution in [0.2, 0.25) is 0 Å². The SMILES string of the molecule is COC(=O)c1sc2ccccc2c1S(=O)(=O)N1CCNCC1.Cl. The third kappa shape index (κ3) is 3.22. The van der Waals surface area contributed by atoms with Crippen LogP contribution in [0.1, 0.15) is 9.67 Å². The fourth-order valence-corrected chi connectivity index (χ4v) is 5.74. The largest absolute Gasteiger partial charge is 0.465 e. The lowest BCUT2D eigenvalue weighted by Gasteiger charge is -2.26. The first-order valence-electron chi connectivity index (χ1n) is 6.86. The quantitative estimate of drug-likeness (QED) is 0.825. The molecule has 6 nitrogen and oxygen atoms in total. The molecule has 0 radical (unpaired) electrons. The van der Waals surface area contributed by atoms with E-state index in [0.29, 0.717) is 31.6 Å². The molecule has 1 fully saturated rings. The predicted molar refractivity (Wildman–Crippen MR) is 92.0 cm³/mol. The molecule has 126 valence electrons. The highest BCUT2D eigenvalue weighted by atomic mass is 35.5.